The van der Waals surface area contributed by atoms with E-state index < -0.39 is 0 Å². The highest BCUT2D eigenvalue weighted by molar-refractivity contribution is 14.1. The molecule has 0 aliphatic heterocycles. The van der Waals surface area contributed by atoms with Crippen LogP contribution in [0.3, 0.4) is 0 Å². The maximum absolute atomic E-state index is 10.7. The van der Waals surface area contributed by atoms with Gasteiger partial charge in [-0.05, 0) is 48.3 Å². The molecule has 0 spiro atoms. The molecule has 0 bridgehead atoms. The Morgan fingerprint density at radius 1 is 1.00 bits per heavy atom. The first-order valence-corrected chi connectivity index (χ1v) is 7.16. The zero-order valence-corrected chi connectivity index (χ0v) is 12.2. The Labute approximate surface area is 108 Å². The molecule has 0 aliphatic rings. The average Bonchev–Trinajstić information content (AvgIpc) is 2.26. The van der Waals surface area contributed by atoms with Crippen LogP contribution in [-0.2, 0) is 4.79 Å². The molecule has 15 heavy (non-hydrogen) atoms. The fourth-order valence-corrected chi connectivity index (χ4v) is 2.16. The Morgan fingerprint density at radius 2 is 1.47 bits per heavy atom. The number of rotatable bonds is 9. The second-order valence-electron chi connectivity index (χ2n) is 3.98. The Kier molecular flexibility index (Phi) is 10.8. The Morgan fingerprint density at radius 3 is 1.80 bits per heavy atom. The molecule has 0 saturated carbocycles. The van der Waals surface area contributed by atoms with Crippen molar-refractivity contribution in [3.05, 3.63) is 9.15 Å². The largest absolute Gasteiger partial charge is 0.297 e. The van der Waals surface area contributed by atoms with Crippen LogP contribution in [0.1, 0.15) is 65.2 Å². The van der Waals surface area contributed by atoms with Crippen LogP contribution in [0.4, 0.5) is 0 Å². The maximum atomic E-state index is 10.7. The van der Waals surface area contributed by atoms with Gasteiger partial charge in [0, 0.05) is 0 Å². The van der Waals surface area contributed by atoms with E-state index in [0.717, 1.165) is 22.7 Å². The lowest BCUT2D eigenvalue weighted by Gasteiger charge is -2.07. The third-order valence-corrected chi connectivity index (χ3v) is 3.62. The molecule has 0 atom stereocenters. The number of aldehydes is 1. The van der Waals surface area contributed by atoms with Crippen molar-refractivity contribution in [2.24, 2.45) is 0 Å². The summed E-state index contributed by atoms with van der Waals surface area (Å²) in [5, 5.41) is 0. The summed E-state index contributed by atoms with van der Waals surface area (Å²) in [7, 11) is 0. The number of halogens is 1. The molecular formula is C13H23IO. The van der Waals surface area contributed by atoms with E-state index in [9.17, 15) is 4.79 Å². The van der Waals surface area contributed by atoms with Gasteiger partial charge in [-0.1, -0.05) is 45.1 Å². The van der Waals surface area contributed by atoms with Crippen molar-refractivity contribution >= 4 is 28.9 Å². The van der Waals surface area contributed by atoms with Gasteiger partial charge in [0.1, 0.15) is 0 Å². The molecule has 0 N–H and O–H groups in total. The molecule has 0 amide bonds. The monoisotopic (exact) mass is 322 g/mol. The molecule has 88 valence electrons. The first-order chi connectivity index (χ1) is 7.26. The van der Waals surface area contributed by atoms with Gasteiger partial charge >= 0.3 is 0 Å². The van der Waals surface area contributed by atoms with Gasteiger partial charge in [0.05, 0.1) is 3.58 Å². The molecule has 0 aromatic carbocycles. The maximum Gasteiger partial charge on any atom is 0.156 e. The molecule has 0 aromatic rings. The van der Waals surface area contributed by atoms with Crippen LogP contribution in [0.2, 0.25) is 0 Å². The minimum absolute atomic E-state index is 0.944. The van der Waals surface area contributed by atoms with Crippen molar-refractivity contribution in [2.75, 3.05) is 0 Å². The van der Waals surface area contributed by atoms with Crippen LogP contribution in [0.15, 0.2) is 9.15 Å². The number of carbonyl (C=O) groups excluding carboxylic acids is 1. The van der Waals surface area contributed by atoms with Crippen molar-refractivity contribution in [1.82, 2.24) is 0 Å². The Hall–Kier alpha value is 0.140. The molecule has 0 unspecified atom stereocenters. The summed E-state index contributed by atoms with van der Waals surface area (Å²) >= 11 is 2.18. The first-order valence-electron chi connectivity index (χ1n) is 6.08. The van der Waals surface area contributed by atoms with Crippen LogP contribution < -0.4 is 0 Å². The second-order valence-corrected chi connectivity index (χ2v) is 5.15. The summed E-state index contributed by atoms with van der Waals surface area (Å²) in [6.45, 7) is 4.43. The lowest BCUT2D eigenvalue weighted by atomic mass is 10.0. The highest BCUT2D eigenvalue weighted by Gasteiger charge is 2.03. The standard InChI is InChI=1S/C13H23IO/c1-3-5-7-9-12(13(14)11-15)10-8-6-4-2/h11H,3-10H2,1-2H3. The minimum atomic E-state index is 0.944. The van der Waals surface area contributed by atoms with E-state index in [1.807, 2.05) is 0 Å². The van der Waals surface area contributed by atoms with Gasteiger partial charge in [0.2, 0.25) is 0 Å². The third-order valence-electron chi connectivity index (χ3n) is 2.61. The molecule has 1 nitrogen and oxygen atoms in total. The number of hydrogen-bond acceptors (Lipinski definition) is 1. The Bertz CT molecular complexity index is 185. The molecule has 0 rings (SSSR count). The van der Waals surface area contributed by atoms with E-state index in [1.54, 1.807) is 0 Å². The predicted octanol–water partition coefficient (Wildman–Crippen LogP) is 5.04. The van der Waals surface area contributed by atoms with Gasteiger partial charge in [-0.15, -0.1) is 0 Å². The molecule has 0 fully saturated rings. The summed E-state index contributed by atoms with van der Waals surface area (Å²) in [6.07, 6.45) is 10.8. The fraction of sp³-hybridized carbons (Fsp3) is 0.769. The first kappa shape index (κ1) is 15.1. The molecule has 2 heteroatoms. The number of unbranched alkanes of at least 4 members (excludes halogenated alkanes) is 4. The molecule has 0 heterocycles. The van der Waals surface area contributed by atoms with Gasteiger partial charge < -0.3 is 0 Å². The lowest BCUT2D eigenvalue weighted by molar-refractivity contribution is -0.104. The van der Waals surface area contributed by atoms with E-state index >= 15 is 0 Å². The highest BCUT2D eigenvalue weighted by Crippen LogP contribution is 2.22. The number of carbonyl (C=O) groups is 1. The van der Waals surface area contributed by atoms with Crippen LogP contribution in [0, 0.1) is 0 Å². The smallest absolute Gasteiger partial charge is 0.156 e. The molecule has 0 saturated heterocycles. The van der Waals surface area contributed by atoms with Crippen molar-refractivity contribution < 1.29 is 4.79 Å². The van der Waals surface area contributed by atoms with Crippen molar-refractivity contribution in [1.29, 1.82) is 0 Å². The van der Waals surface area contributed by atoms with Gasteiger partial charge in [0.15, 0.2) is 6.29 Å². The minimum Gasteiger partial charge on any atom is -0.297 e. The van der Waals surface area contributed by atoms with Crippen LogP contribution in [-0.4, -0.2) is 6.29 Å². The number of allylic oxidation sites excluding steroid dienone is 2. The van der Waals surface area contributed by atoms with Gasteiger partial charge in [0.25, 0.3) is 0 Å². The van der Waals surface area contributed by atoms with Crippen molar-refractivity contribution in [3.63, 3.8) is 0 Å². The van der Waals surface area contributed by atoms with Crippen molar-refractivity contribution in [2.45, 2.75) is 65.2 Å². The number of hydrogen-bond donors (Lipinski definition) is 0. The molecule has 0 aromatic heterocycles. The van der Waals surface area contributed by atoms with Gasteiger partial charge in [-0.3, -0.25) is 4.79 Å². The van der Waals surface area contributed by atoms with E-state index in [4.69, 9.17) is 0 Å². The molecular weight excluding hydrogens is 299 g/mol. The fourth-order valence-electron chi connectivity index (χ4n) is 1.62. The normalized spacial score (nSPS) is 10.1. The summed E-state index contributed by atoms with van der Waals surface area (Å²) in [4.78, 5) is 10.7. The summed E-state index contributed by atoms with van der Waals surface area (Å²) in [5.41, 5.74) is 1.38. The average molecular weight is 322 g/mol. The summed E-state index contributed by atoms with van der Waals surface area (Å²) in [5.74, 6) is 0. The lowest BCUT2D eigenvalue weighted by Crippen LogP contribution is -1.90. The third kappa shape index (κ3) is 8.00. The van der Waals surface area contributed by atoms with Gasteiger partial charge in [-0.25, -0.2) is 0 Å². The Balaban J connectivity index is 4.02. The van der Waals surface area contributed by atoms with Crippen LogP contribution in [0.5, 0.6) is 0 Å². The van der Waals surface area contributed by atoms with Crippen LogP contribution in [0.25, 0.3) is 0 Å². The zero-order chi connectivity index (χ0) is 11.5. The molecule has 0 aliphatic carbocycles. The van der Waals surface area contributed by atoms with E-state index in [2.05, 4.69) is 36.4 Å². The molecule has 0 radical (unpaired) electrons. The highest BCUT2D eigenvalue weighted by atomic mass is 127. The topological polar surface area (TPSA) is 17.1 Å². The van der Waals surface area contributed by atoms with Gasteiger partial charge in [-0.2, -0.15) is 0 Å². The summed E-state index contributed by atoms with van der Waals surface area (Å²) < 4.78 is 0.944. The predicted molar refractivity (Wildman–Crippen MR) is 75.4 cm³/mol. The van der Waals surface area contributed by atoms with Crippen molar-refractivity contribution in [3.8, 4) is 0 Å². The van der Waals surface area contributed by atoms with Crippen LogP contribution >= 0.6 is 22.6 Å². The second kappa shape index (κ2) is 10.7. The van der Waals surface area contributed by atoms with E-state index in [-0.39, 0.29) is 0 Å². The van der Waals surface area contributed by atoms with E-state index in [0.29, 0.717) is 0 Å². The summed E-state index contributed by atoms with van der Waals surface area (Å²) in [6, 6.07) is 0. The SMILES string of the molecule is CCCCCC(CCCCC)=C(I)C=O. The quantitative estimate of drug-likeness (QED) is 0.252. The zero-order valence-electron chi connectivity index (χ0n) is 10.0. The van der Waals surface area contributed by atoms with E-state index in [1.165, 1.54) is 44.1 Å².